The van der Waals surface area contributed by atoms with Gasteiger partial charge in [0, 0.05) is 23.4 Å². The molecule has 5 nitrogen and oxygen atoms in total. The van der Waals surface area contributed by atoms with Crippen LogP contribution < -0.4 is 4.90 Å². The van der Waals surface area contributed by atoms with E-state index < -0.39 is 21.9 Å². The number of thiazole rings is 1. The zero-order chi connectivity index (χ0) is 15.2. The predicted octanol–water partition coefficient (Wildman–Crippen LogP) is 2.71. The standard InChI is InChI=1S/C12H10BrFN2O3S2/c13-8-1-2-10-9(4-8)15-12(20-10)16-5-7(3-11(16)17)6-21(14,18)19/h1-2,4,7H,3,5-6H2. The maximum absolute atomic E-state index is 12.7. The number of aromatic nitrogens is 1. The molecule has 1 amide bonds. The number of rotatable bonds is 3. The lowest BCUT2D eigenvalue weighted by atomic mass is 10.1. The van der Waals surface area contributed by atoms with Crippen molar-refractivity contribution >= 4 is 58.7 Å². The molecule has 112 valence electrons. The molecule has 1 fully saturated rings. The molecule has 21 heavy (non-hydrogen) atoms. The molecule has 0 bridgehead atoms. The van der Waals surface area contributed by atoms with Gasteiger partial charge in [-0.3, -0.25) is 9.69 Å². The van der Waals surface area contributed by atoms with Crippen LogP contribution in [0.4, 0.5) is 9.02 Å². The number of amides is 1. The fourth-order valence-corrected chi connectivity index (χ4v) is 4.47. The highest BCUT2D eigenvalue weighted by atomic mass is 79.9. The lowest BCUT2D eigenvalue weighted by Crippen LogP contribution is -2.25. The van der Waals surface area contributed by atoms with Crippen molar-refractivity contribution in [1.29, 1.82) is 0 Å². The van der Waals surface area contributed by atoms with Gasteiger partial charge in [-0.05, 0) is 18.2 Å². The summed E-state index contributed by atoms with van der Waals surface area (Å²) in [6, 6.07) is 5.62. The molecular weight excluding hydrogens is 383 g/mol. The first kappa shape index (κ1) is 14.9. The van der Waals surface area contributed by atoms with Crippen molar-refractivity contribution in [3.63, 3.8) is 0 Å². The van der Waals surface area contributed by atoms with Crippen molar-refractivity contribution in [2.45, 2.75) is 6.42 Å². The van der Waals surface area contributed by atoms with Gasteiger partial charge in [-0.2, -0.15) is 8.42 Å². The van der Waals surface area contributed by atoms with Gasteiger partial charge in [-0.25, -0.2) is 4.98 Å². The third-order valence-electron chi connectivity index (χ3n) is 3.21. The highest BCUT2D eigenvalue weighted by molar-refractivity contribution is 9.10. The predicted molar refractivity (Wildman–Crippen MR) is 82.7 cm³/mol. The molecule has 3 rings (SSSR count). The molecule has 1 aliphatic heterocycles. The molecular formula is C12H10BrFN2O3S2. The van der Waals surface area contributed by atoms with Crippen LogP contribution in [0.3, 0.4) is 0 Å². The van der Waals surface area contributed by atoms with Gasteiger partial charge in [0.1, 0.15) is 0 Å². The lowest BCUT2D eigenvalue weighted by molar-refractivity contribution is -0.117. The van der Waals surface area contributed by atoms with Crippen LogP contribution in [0.5, 0.6) is 0 Å². The van der Waals surface area contributed by atoms with Crippen molar-refractivity contribution in [2.24, 2.45) is 5.92 Å². The number of halogens is 2. The van der Waals surface area contributed by atoms with Crippen LogP contribution in [-0.2, 0) is 15.0 Å². The molecule has 0 aliphatic carbocycles. The Kier molecular flexibility index (Phi) is 3.74. The van der Waals surface area contributed by atoms with Crippen molar-refractivity contribution in [1.82, 2.24) is 4.98 Å². The van der Waals surface area contributed by atoms with Gasteiger partial charge >= 0.3 is 10.2 Å². The van der Waals surface area contributed by atoms with Crippen LogP contribution in [0.25, 0.3) is 10.2 Å². The average molecular weight is 393 g/mol. The summed E-state index contributed by atoms with van der Waals surface area (Å²) in [5.74, 6) is -1.36. The first-order valence-electron chi connectivity index (χ1n) is 6.10. The Hall–Kier alpha value is -1.06. The number of hydrogen-bond donors (Lipinski definition) is 0. The van der Waals surface area contributed by atoms with Crippen LogP contribution in [0.15, 0.2) is 22.7 Å². The average Bonchev–Trinajstić information content (AvgIpc) is 2.89. The zero-order valence-electron chi connectivity index (χ0n) is 10.6. The van der Waals surface area contributed by atoms with E-state index in [-0.39, 0.29) is 18.9 Å². The van der Waals surface area contributed by atoms with Crippen LogP contribution >= 0.6 is 27.3 Å². The summed E-state index contributed by atoms with van der Waals surface area (Å²) >= 11 is 4.71. The molecule has 1 aliphatic rings. The monoisotopic (exact) mass is 392 g/mol. The second kappa shape index (κ2) is 5.29. The molecule has 1 aromatic heterocycles. The summed E-state index contributed by atoms with van der Waals surface area (Å²) in [6.45, 7) is 0.184. The second-order valence-corrected chi connectivity index (χ2v) is 8.22. The Morgan fingerprint density at radius 1 is 1.48 bits per heavy atom. The maximum Gasteiger partial charge on any atom is 0.302 e. The molecule has 2 heterocycles. The third-order valence-corrected chi connectivity index (χ3v) is 5.63. The van der Waals surface area contributed by atoms with Gasteiger partial charge in [-0.1, -0.05) is 27.3 Å². The van der Waals surface area contributed by atoms with Gasteiger partial charge < -0.3 is 0 Å². The summed E-state index contributed by atoms with van der Waals surface area (Å²) in [6.07, 6.45) is 0.0305. The number of fused-ring (bicyclic) bond motifs is 1. The number of carbonyl (C=O) groups excluding carboxylic acids is 1. The molecule has 0 spiro atoms. The van der Waals surface area contributed by atoms with Gasteiger partial charge in [0.05, 0.1) is 16.0 Å². The number of benzene rings is 1. The van der Waals surface area contributed by atoms with Crippen LogP contribution in [0.1, 0.15) is 6.42 Å². The van der Waals surface area contributed by atoms with Crippen LogP contribution in [0, 0.1) is 5.92 Å². The molecule has 0 N–H and O–H groups in total. The van der Waals surface area contributed by atoms with Crippen molar-refractivity contribution < 1.29 is 17.1 Å². The fourth-order valence-electron chi connectivity index (χ4n) is 2.36. The smallest absolute Gasteiger partial charge is 0.288 e. The van der Waals surface area contributed by atoms with Crippen LogP contribution in [0.2, 0.25) is 0 Å². The van der Waals surface area contributed by atoms with E-state index in [9.17, 15) is 17.1 Å². The molecule has 9 heteroatoms. The summed E-state index contributed by atoms with van der Waals surface area (Å²) in [5, 5.41) is 0.520. The Morgan fingerprint density at radius 3 is 2.95 bits per heavy atom. The Labute approximate surface area is 133 Å². The summed E-state index contributed by atoms with van der Waals surface area (Å²) < 4.78 is 36.0. The fraction of sp³-hybridized carbons (Fsp3) is 0.333. The molecule has 1 saturated heterocycles. The molecule has 1 atom stereocenters. The highest BCUT2D eigenvalue weighted by Gasteiger charge is 2.35. The van der Waals surface area contributed by atoms with E-state index in [1.54, 1.807) is 0 Å². The van der Waals surface area contributed by atoms with Crippen LogP contribution in [-0.4, -0.2) is 31.6 Å². The van der Waals surface area contributed by atoms with Gasteiger partial charge in [0.25, 0.3) is 0 Å². The summed E-state index contributed by atoms with van der Waals surface area (Å²) in [4.78, 5) is 17.8. The van der Waals surface area contributed by atoms with Crippen molar-refractivity contribution in [3.05, 3.63) is 22.7 Å². The third kappa shape index (κ3) is 3.24. The van der Waals surface area contributed by atoms with Crippen molar-refractivity contribution in [2.75, 3.05) is 17.2 Å². The first-order valence-corrected chi connectivity index (χ1v) is 9.27. The molecule has 1 unspecified atom stereocenters. The maximum atomic E-state index is 12.7. The molecule has 1 aromatic carbocycles. The SMILES string of the molecule is O=C1CC(CS(=O)(=O)F)CN1c1nc2cc(Br)ccc2s1. The molecule has 2 aromatic rings. The minimum Gasteiger partial charge on any atom is -0.288 e. The highest BCUT2D eigenvalue weighted by Crippen LogP contribution is 2.34. The summed E-state index contributed by atoms with van der Waals surface area (Å²) in [7, 11) is -4.57. The van der Waals surface area contributed by atoms with E-state index in [2.05, 4.69) is 20.9 Å². The van der Waals surface area contributed by atoms with E-state index in [0.29, 0.717) is 5.13 Å². The van der Waals surface area contributed by atoms with E-state index in [1.165, 1.54) is 16.2 Å². The van der Waals surface area contributed by atoms with Gasteiger partial charge in [0.15, 0.2) is 5.13 Å². The Morgan fingerprint density at radius 2 is 2.24 bits per heavy atom. The number of nitrogens with zero attached hydrogens (tertiary/aromatic N) is 2. The number of carbonyl (C=O) groups is 1. The lowest BCUT2D eigenvalue weighted by Gasteiger charge is -2.11. The topological polar surface area (TPSA) is 67.3 Å². The Balaban J connectivity index is 1.87. The minimum atomic E-state index is -4.57. The normalized spacial score (nSPS) is 19.6. The van der Waals surface area contributed by atoms with E-state index in [4.69, 9.17) is 0 Å². The van der Waals surface area contributed by atoms with E-state index >= 15 is 0 Å². The summed E-state index contributed by atoms with van der Waals surface area (Å²) in [5.41, 5.74) is 0.763. The largest absolute Gasteiger partial charge is 0.302 e. The second-order valence-electron chi connectivity index (χ2n) is 4.89. The van der Waals surface area contributed by atoms with E-state index in [1.807, 2.05) is 18.2 Å². The first-order chi connectivity index (χ1) is 9.82. The quantitative estimate of drug-likeness (QED) is 0.753. The molecule has 0 saturated carbocycles. The van der Waals surface area contributed by atoms with E-state index in [0.717, 1.165) is 14.7 Å². The molecule has 0 radical (unpaired) electrons. The number of anilines is 1. The zero-order valence-corrected chi connectivity index (χ0v) is 13.8. The van der Waals surface area contributed by atoms with Crippen molar-refractivity contribution in [3.8, 4) is 0 Å². The Bertz CT molecular complexity index is 821. The van der Waals surface area contributed by atoms with Gasteiger partial charge in [0.2, 0.25) is 5.91 Å². The number of hydrogen-bond acceptors (Lipinski definition) is 5. The minimum absolute atomic E-state index is 0.0305. The van der Waals surface area contributed by atoms with Gasteiger partial charge in [-0.15, -0.1) is 3.89 Å².